The van der Waals surface area contributed by atoms with Gasteiger partial charge in [-0.1, -0.05) is 0 Å². The molecular weight excluding hydrogens is 414 g/mol. The zero-order valence-corrected chi connectivity index (χ0v) is 13.3. The highest BCUT2D eigenvalue weighted by molar-refractivity contribution is 9.11. The molecule has 0 saturated heterocycles. The molecule has 0 aliphatic rings. The Labute approximate surface area is 125 Å². The van der Waals surface area contributed by atoms with Crippen LogP contribution in [0.4, 0.5) is 14.5 Å². The van der Waals surface area contributed by atoms with E-state index in [1.54, 1.807) is 4.72 Å². The highest BCUT2D eigenvalue weighted by atomic mass is 79.9. The summed E-state index contributed by atoms with van der Waals surface area (Å²) in [6.07, 6.45) is 0. The smallest absolute Gasteiger partial charge is 0.283 e. The lowest BCUT2D eigenvalue weighted by atomic mass is 10.3. The number of halogens is 4. The Kier molecular flexibility index (Phi) is 5.29. The molecule has 0 saturated carbocycles. The normalized spacial score (nSPS) is 12.7. The van der Waals surface area contributed by atoms with Crippen LogP contribution in [0.25, 0.3) is 0 Å². The summed E-state index contributed by atoms with van der Waals surface area (Å²) in [6.45, 7) is -2.64. The van der Waals surface area contributed by atoms with Crippen LogP contribution in [0.1, 0.15) is 0 Å². The molecule has 0 radical (unpaired) electrons. The minimum atomic E-state index is -4.17. The van der Waals surface area contributed by atoms with Crippen molar-refractivity contribution < 1.29 is 22.3 Å². The van der Waals surface area contributed by atoms with E-state index in [1.165, 1.54) is 12.1 Å². The van der Waals surface area contributed by atoms with Crippen LogP contribution in [0, 0.1) is 0 Å². The van der Waals surface area contributed by atoms with E-state index in [0.717, 1.165) is 0 Å². The third kappa shape index (κ3) is 4.35. The number of anilines is 1. The van der Waals surface area contributed by atoms with Crippen LogP contribution in [0.3, 0.4) is 0 Å². The maximum absolute atomic E-state index is 12.8. The molecule has 0 spiro atoms. The van der Waals surface area contributed by atoms with Crippen LogP contribution in [0.5, 0.6) is 0 Å². The van der Waals surface area contributed by atoms with E-state index in [-0.39, 0.29) is 13.8 Å². The van der Waals surface area contributed by atoms with Gasteiger partial charge in [0.15, 0.2) is 0 Å². The third-order valence-corrected chi connectivity index (χ3v) is 5.32. The molecule has 1 aromatic rings. The number of alkyl halides is 2. The van der Waals surface area contributed by atoms with Crippen molar-refractivity contribution in [1.29, 1.82) is 0 Å². The van der Waals surface area contributed by atoms with Crippen molar-refractivity contribution in [2.75, 3.05) is 18.9 Å². The highest BCUT2D eigenvalue weighted by Crippen LogP contribution is 2.32. The number of hydrogen-bond acceptors (Lipinski definition) is 4. The summed E-state index contributed by atoms with van der Waals surface area (Å²) in [7, 11) is -4.17. The molecule has 0 aliphatic carbocycles. The number of benzene rings is 1. The zero-order chi connectivity index (χ0) is 14.8. The summed E-state index contributed by atoms with van der Waals surface area (Å²) in [5.74, 6) is -3.53. The van der Waals surface area contributed by atoms with E-state index < -0.39 is 29.1 Å². The summed E-state index contributed by atoms with van der Waals surface area (Å²) in [4.78, 5) is -0.240. The van der Waals surface area contributed by atoms with Gasteiger partial charge in [0.1, 0.15) is 11.5 Å². The number of sulfonamides is 1. The van der Waals surface area contributed by atoms with Crippen molar-refractivity contribution in [2.24, 2.45) is 0 Å². The van der Waals surface area contributed by atoms with E-state index in [1.807, 2.05) is 0 Å². The van der Waals surface area contributed by atoms with Crippen molar-refractivity contribution in [3.63, 3.8) is 0 Å². The molecule has 0 heterocycles. The molecule has 1 aromatic carbocycles. The molecule has 0 atom stereocenters. The fourth-order valence-electron chi connectivity index (χ4n) is 1.16. The lowest BCUT2D eigenvalue weighted by Crippen LogP contribution is -2.39. The van der Waals surface area contributed by atoms with Crippen LogP contribution < -0.4 is 10.5 Å². The van der Waals surface area contributed by atoms with Crippen molar-refractivity contribution in [2.45, 2.75) is 10.8 Å². The molecule has 0 fully saturated rings. The number of nitrogen functional groups attached to an aromatic ring is 1. The third-order valence-electron chi connectivity index (χ3n) is 2.04. The fourth-order valence-corrected chi connectivity index (χ4v) is 4.84. The number of nitrogens with two attached hydrogens (primary N) is 1. The van der Waals surface area contributed by atoms with Gasteiger partial charge in [-0.25, -0.2) is 21.9 Å². The van der Waals surface area contributed by atoms with Gasteiger partial charge < -0.3 is 10.8 Å². The Morgan fingerprint density at radius 3 is 2.21 bits per heavy atom. The van der Waals surface area contributed by atoms with Gasteiger partial charge >= 0.3 is 0 Å². The lowest BCUT2D eigenvalue weighted by Gasteiger charge is -2.15. The van der Waals surface area contributed by atoms with Crippen molar-refractivity contribution in [3.8, 4) is 0 Å². The lowest BCUT2D eigenvalue weighted by molar-refractivity contribution is -0.0437. The van der Waals surface area contributed by atoms with Gasteiger partial charge in [-0.2, -0.15) is 0 Å². The number of nitrogens with one attached hydrogen (secondary N) is 1. The first-order valence-corrected chi connectivity index (χ1v) is 7.89. The van der Waals surface area contributed by atoms with Crippen LogP contribution in [-0.4, -0.2) is 32.6 Å². The quantitative estimate of drug-likeness (QED) is 0.628. The predicted molar refractivity (Wildman–Crippen MR) is 73.5 cm³/mol. The van der Waals surface area contributed by atoms with E-state index in [9.17, 15) is 17.2 Å². The molecule has 1 rings (SSSR count). The molecule has 5 nitrogen and oxygen atoms in total. The van der Waals surface area contributed by atoms with Gasteiger partial charge in [-0.05, 0) is 44.0 Å². The highest BCUT2D eigenvalue weighted by Gasteiger charge is 2.31. The van der Waals surface area contributed by atoms with Gasteiger partial charge in [-0.15, -0.1) is 0 Å². The maximum atomic E-state index is 12.8. The Morgan fingerprint density at radius 2 is 1.79 bits per heavy atom. The SMILES string of the molecule is Nc1cc(Br)c(S(=O)(=O)NCC(F)(F)CO)c(Br)c1. The van der Waals surface area contributed by atoms with Crippen LogP contribution in [0.2, 0.25) is 0 Å². The first kappa shape index (κ1) is 16.8. The van der Waals surface area contributed by atoms with Gasteiger partial charge in [0.25, 0.3) is 5.92 Å². The Morgan fingerprint density at radius 1 is 1.32 bits per heavy atom. The van der Waals surface area contributed by atoms with E-state index in [2.05, 4.69) is 31.9 Å². The molecule has 0 unspecified atom stereocenters. The standard InChI is InChI=1S/C9H10Br2F2N2O3S/c10-6-1-5(14)2-7(11)8(6)19(17,18)15-3-9(12,13)4-16/h1-2,15-16H,3-4,14H2. The van der Waals surface area contributed by atoms with E-state index in [0.29, 0.717) is 5.69 Å². The second-order valence-electron chi connectivity index (χ2n) is 3.65. The summed E-state index contributed by atoms with van der Waals surface area (Å²) >= 11 is 6.01. The molecule has 19 heavy (non-hydrogen) atoms. The van der Waals surface area contributed by atoms with Gasteiger partial charge in [0.2, 0.25) is 10.0 Å². The van der Waals surface area contributed by atoms with Crippen LogP contribution in [-0.2, 0) is 10.0 Å². The topological polar surface area (TPSA) is 92.4 Å². The Hall–Kier alpha value is -0.290. The fraction of sp³-hybridized carbons (Fsp3) is 0.333. The van der Waals surface area contributed by atoms with Crippen molar-refractivity contribution >= 4 is 47.6 Å². The second kappa shape index (κ2) is 6.00. The largest absolute Gasteiger partial charge is 0.399 e. The number of aliphatic hydroxyl groups excluding tert-OH is 1. The summed E-state index contributed by atoms with van der Waals surface area (Å²) in [5, 5.41) is 8.39. The number of rotatable bonds is 5. The average molecular weight is 424 g/mol. The minimum Gasteiger partial charge on any atom is -0.399 e. The van der Waals surface area contributed by atoms with E-state index >= 15 is 0 Å². The maximum Gasteiger partial charge on any atom is 0.283 e. The van der Waals surface area contributed by atoms with E-state index in [4.69, 9.17) is 10.8 Å². The molecule has 0 amide bonds. The Balaban J connectivity index is 3.09. The first-order chi connectivity index (χ1) is 8.59. The Bertz CT molecular complexity index is 558. The summed E-state index contributed by atoms with van der Waals surface area (Å²) < 4.78 is 51.5. The second-order valence-corrected chi connectivity index (χ2v) is 7.06. The van der Waals surface area contributed by atoms with Gasteiger partial charge in [0, 0.05) is 14.6 Å². The molecule has 0 aliphatic heterocycles. The van der Waals surface area contributed by atoms with Crippen LogP contribution >= 0.6 is 31.9 Å². The molecule has 108 valence electrons. The van der Waals surface area contributed by atoms with Gasteiger partial charge in [0.05, 0.1) is 6.54 Å². The van der Waals surface area contributed by atoms with Crippen molar-refractivity contribution in [1.82, 2.24) is 4.72 Å². The monoisotopic (exact) mass is 422 g/mol. The molecule has 10 heteroatoms. The molecule has 0 bridgehead atoms. The van der Waals surface area contributed by atoms with Gasteiger partial charge in [-0.3, -0.25) is 0 Å². The number of hydrogen-bond donors (Lipinski definition) is 3. The first-order valence-electron chi connectivity index (χ1n) is 4.82. The molecule has 4 N–H and O–H groups in total. The summed E-state index contributed by atoms with van der Waals surface area (Å²) in [6, 6.07) is 2.67. The minimum absolute atomic E-state index is 0.138. The van der Waals surface area contributed by atoms with Crippen molar-refractivity contribution in [3.05, 3.63) is 21.1 Å². The summed E-state index contributed by atoms with van der Waals surface area (Å²) in [5.41, 5.74) is 5.81. The molecule has 0 aromatic heterocycles. The average Bonchev–Trinajstić information content (AvgIpc) is 2.25. The zero-order valence-electron chi connectivity index (χ0n) is 9.33. The van der Waals surface area contributed by atoms with Crippen LogP contribution in [0.15, 0.2) is 26.0 Å². The molecular formula is C9H10Br2F2N2O3S. The predicted octanol–water partition coefficient (Wildman–Crippen LogP) is 1.70. The number of aliphatic hydroxyl groups is 1.